The van der Waals surface area contributed by atoms with E-state index in [9.17, 15) is 0 Å². The number of hydrogen-bond donors (Lipinski definition) is 2. The first-order valence-corrected chi connectivity index (χ1v) is 4.26. The highest BCUT2D eigenvalue weighted by molar-refractivity contribution is 6.30. The number of hydrogen-bond acceptors (Lipinski definition) is 2. The fourth-order valence-corrected chi connectivity index (χ4v) is 0.961. The van der Waals surface area contributed by atoms with Gasteiger partial charge in [-0.25, -0.2) is 0 Å². The molecule has 4 heteroatoms. The van der Waals surface area contributed by atoms with Gasteiger partial charge in [0.2, 0.25) is 0 Å². The standard InChI is InChI=1S/C9H11ClN2O/c1-7(12-13)11-6-8-2-4-9(10)5-3-8/h2-5,13H,6H2,1H3,(H,11,12). The molecule has 0 spiro atoms. The smallest absolute Gasteiger partial charge is 0.117 e. The van der Waals surface area contributed by atoms with E-state index in [0.717, 1.165) is 5.56 Å². The SMILES string of the molecule is CC(=NCc1ccc(Cl)cc1)NO. The number of hydroxylamine groups is 1. The van der Waals surface area contributed by atoms with E-state index in [1.807, 2.05) is 29.7 Å². The molecule has 0 amide bonds. The summed E-state index contributed by atoms with van der Waals surface area (Å²) in [4.78, 5) is 4.06. The van der Waals surface area contributed by atoms with Crippen LogP contribution < -0.4 is 5.48 Å². The van der Waals surface area contributed by atoms with Gasteiger partial charge >= 0.3 is 0 Å². The Bertz CT molecular complexity index is 295. The summed E-state index contributed by atoms with van der Waals surface area (Å²) < 4.78 is 0. The van der Waals surface area contributed by atoms with Crippen molar-refractivity contribution in [1.29, 1.82) is 0 Å². The Morgan fingerprint density at radius 1 is 1.46 bits per heavy atom. The van der Waals surface area contributed by atoms with Crippen LogP contribution in [-0.4, -0.2) is 11.0 Å². The minimum absolute atomic E-state index is 0.495. The van der Waals surface area contributed by atoms with Crippen LogP contribution in [0.4, 0.5) is 0 Å². The highest BCUT2D eigenvalue weighted by Gasteiger charge is 1.91. The lowest BCUT2D eigenvalue weighted by atomic mass is 10.2. The zero-order valence-corrected chi connectivity index (χ0v) is 8.04. The Morgan fingerprint density at radius 3 is 2.62 bits per heavy atom. The van der Waals surface area contributed by atoms with E-state index in [1.54, 1.807) is 6.92 Å². The predicted molar refractivity (Wildman–Crippen MR) is 53.2 cm³/mol. The van der Waals surface area contributed by atoms with Crippen LogP contribution in [0.1, 0.15) is 12.5 Å². The summed E-state index contributed by atoms with van der Waals surface area (Å²) in [5, 5.41) is 9.17. The van der Waals surface area contributed by atoms with Crippen molar-refractivity contribution in [1.82, 2.24) is 5.48 Å². The maximum absolute atomic E-state index is 8.46. The Balaban J connectivity index is 2.60. The fraction of sp³-hybridized carbons (Fsp3) is 0.222. The molecule has 13 heavy (non-hydrogen) atoms. The number of halogens is 1. The van der Waals surface area contributed by atoms with Crippen LogP contribution in [0, 0.1) is 0 Å². The van der Waals surface area contributed by atoms with Gasteiger partial charge in [-0.05, 0) is 24.6 Å². The second-order valence-corrected chi connectivity index (χ2v) is 3.08. The van der Waals surface area contributed by atoms with Gasteiger partial charge in [-0.3, -0.25) is 15.7 Å². The second-order valence-electron chi connectivity index (χ2n) is 2.64. The molecule has 1 aromatic rings. The van der Waals surface area contributed by atoms with Gasteiger partial charge in [0.1, 0.15) is 5.84 Å². The topological polar surface area (TPSA) is 44.6 Å². The molecule has 0 saturated carbocycles. The second kappa shape index (κ2) is 4.84. The van der Waals surface area contributed by atoms with E-state index in [4.69, 9.17) is 16.8 Å². The number of nitrogens with zero attached hydrogens (tertiary/aromatic N) is 1. The Morgan fingerprint density at radius 2 is 2.08 bits per heavy atom. The van der Waals surface area contributed by atoms with Crippen LogP contribution in [0.25, 0.3) is 0 Å². The Hall–Kier alpha value is -1.06. The van der Waals surface area contributed by atoms with Crippen molar-refractivity contribution in [2.24, 2.45) is 4.99 Å². The summed E-state index contributed by atoms with van der Waals surface area (Å²) in [5.41, 5.74) is 3.03. The minimum Gasteiger partial charge on any atom is -0.290 e. The normalized spacial score (nSPS) is 11.5. The van der Waals surface area contributed by atoms with Crippen LogP contribution >= 0.6 is 11.6 Å². The molecule has 0 atom stereocenters. The van der Waals surface area contributed by atoms with Crippen LogP contribution in [-0.2, 0) is 6.54 Å². The molecular formula is C9H11ClN2O. The third-order valence-corrected chi connectivity index (χ3v) is 1.83. The molecule has 0 fully saturated rings. The molecule has 0 aliphatic heterocycles. The number of rotatable bonds is 2. The molecule has 1 aromatic carbocycles. The molecule has 2 N–H and O–H groups in total. The number of nitrogens with one attached hydrogen (secondary N) is 1. The lowest BCUT2D eigenvalue weighted by Gasteiger charge is -1.98. The largest absolute Gasteiger partial charge is 0.290 e. The summed E-state index contributed by atoms with van der Waals surface area (Å²) in [6, 6.07) is 7.43. The molecule has 3 nitrogen and oxygen atoms in total. The number of aliphatic imine (C=N–C) groups is 1. The first-order valence-electron chi connectivity index (χ1n) is 3.88. The van der Waals surface area contributed by atoms with Crippen molar-refractivity contribution in [2.75, 3.05) is 0 Å². The van der Waals surface area contributed by atoms with E-state index < -0.39 is 0 Å². The van der Waals surface area contributed by atoms with Crippen molar-refractivity contribution in [3.63, 3.8) is 0 Å². The quantitative estimate of drug-likeness (QED) is 0.435. The van der Waals surface area contributed by atoms with E-state index in [2.05, 4.69) is 4.99 Å². The molecule has 0 aliphatic carbocycles. The van der Waals surface area contributed by atoms with Crippen LogP contribution in [0.5, 0.6) is 0 Å². The van der Waals surface area contributed by atoms with Crippen molar-refractivity contribution in [2.45, 2.75) is 13.5 Å². The van der Waals surface area contributed by atoms with Gasteiger partial charge in [-0.1, -0.05) is 23.7 Å². The minimum atomic E-state index is 0.495. The van der Waals surface area contributed by atoms with Crippen LogP contribution in [0.15, 0.2) is 29.3 Å². The maximum atomic E-state index is 8.46. The molecule has 0 aromatic heterocycles. The monoisotopic (exact) mass is 198 g/mol. The Labute approximate surface area is 82.0 Å². The highest BCUT2D eigenvalue weighted by atomic mass is 35.5. The third kappa shape index (κ3) is 3.44. The van der Waals surface area contributed by atoms with E-state index in [1.165, 1.54) is 0 Å². The molecular weight excluding hydrogens is 188 g/mol. The van der Waals surface area contributed by atoms with Crippen LogP contribution in [0.2, 0.25) is 5.02 Å². The average molecular weight is 199 g/mol. The number of benzene rings is 1. The van der Waals surface area contributed by atoms with Gasteiger partial charge in [0.25, 0.3) is 0 Å². The first kappa shape index (κ1) is 10.0. The highest BCUT2D eigenvalue weighted by Crippen LogP contribution is 2.09. The molecule has 0 aliphatic rings. The van der Waals surface area contributed by atoms with Crippen molar-refractivity contribution in [3.8, 4) is 0 Å². The van der Waals surface area contributed by atoms with Gasteiger partial charge in [0.05, 0.1) is 6.54 Å². The molecule has 0 heterocycles. The van der Waals surface area contributed by atoms with Crippen molar-refractivity contribution in [3.05, 3.63) is 34.9 Å². The van der Waals surface area contributed by atoms with Crippen LogP contribution in [0.3, 0.4) is 0 Å². The summed E-state index contributed by atoms with van der Waals surface area (Å²) in [6.07, 6.45) is 0. The maximum Gasteiger partial charge on any atom is 0.117 e. The summed E-state index contributed by atoms with van der Waals surface area (Å²) in [5.74, 6) is 0.495. The van der Waals surface area contributed by atoms with E-state index in [0.29, 0.717) is 17.4 Å². The third-order valence-electron chi connectivity index (χ3n) is 1.57. The lowest BCUT2D eigenvalue weighted by molar-refractivity contribution is 0.233. The van der Waals surface area contributed by atoms with Gasteiger partial charge in [0.15, 0.2) is 0 Å². The summed E-state index contributed by atoms with van der Waals surface area (Å²) in [6.45, 7) is 2.23. The van der Waals surface area contributed by atoms with Crippen molar-refractivity contribution < 1.29 is 5.21 Å². The van der Waals surface area contributed by atoms with Gasteiger partial charge in [-0.15, -0.1) is 0 Å². The zero-order valence-electron chi connectivity index (χ0n) is 7.29. The molecule has 0 bridgehead atoms. The van der Waals surface area contributed by atoms with Gasteiger partial charge in [0, 0.05) is 5.02 Å². The predicted octanol–water partition coefficient (Wildman–Crippen LogP) is 2.24. The summed E-state index contributed by atoms with van der Waals surface area (Å²) >= 11 is 5.71. The van der Waals surface area contributed by atoms with E-state index in [-0.39, 0.29) is 0 Å². The Kier molecular flexibility index (Phi) is 3.73. The zero-order chi connectivity index (χ0) is 9.68. The molecule has 0 unspecified atom stereocenters. The first-order chi connectivity index (χ1) is 6.22. The molecule has 0 radical (unpaired) electrons. The number of amidine groups is 1. The molecule has 0 saturated heterocycles. The average Bonchev–Trinajstić information content (AvgIpc) is 2.16. The molecule has 1 rings (SSSR count). The molecule has 70 valence electrons. The van der Waals surface area contributed by atoms with Gasteiger partial charge < -0.3 is 0 Å². The lowest BCUT2D eigenvalue weighted by Crippen LogP contribution is -2.14. The van der Waals surface area contributed by atoms with Gasteiger partial charge in [-0.2, -0.15) is 0 Å². The van der Waals surface area contributed by atoms with Crippen molar-refractivity contribution >= 4 is 17.4 Å². The fourth-order valence-electron chi connectivity index (χ4n) is 0.835. The van der Waals surface area contributed by atoms with E-state index >= 15 is 0 Å². The summed E-state index contributed by atoms with van der Waals surface area (Å²) in [7, 11) is 0.